The summed E-state index contributed by atoms with van der Waals surface area (Å²) in [7, 11) is 0. The van der Waals surface area contributed by atoms with Gasteiger partial charge in [0.25, 0.3) is 0 Å². The molecule has 1 amide bonds. The van der Waals surface area contributed by atoms with Gasteiger partial charge in [0.2, 0.25) is 0 Å². The number of rotatable bonds is 6. The molecule has 0 saturated heterocycles. The van der Waals surface area contributed by atoms with E-state index >= 15 is 0 Å². The van der Waals surface area contributed by atoms with Crippen LogP contribution in [0.25, 0.3) is 0 Å². The molecular weight excluding hydrogens is 222 g/mol. The summed E-state index contributed by atoms with van der Waals surface area (Å²) in [5.74, 6) is -0.447. The van der Waals surface area contributed by atoms with Gasteiger partial charge in [-0.05, 0) is 27.7 Å². The normalized spacial score (nSPS) is 11.5. The second kappa shape index (κ2) is 7.70. The molecule has 0 aromatic rings. The van der Waals surface area contributed by atoms with E-state index in [9.17, 15) is 9.59 Å². The van der Waals surface area contributed by atoms with Gasteiger partial charge in [-0.1, -0.05) is 6.58 Å². The Hall–Kier alpha value is -1.52. The maximum absolute atomic E-state index is 11.5. The Morgan fingerprint density at radius 2 is 1.94 bits per heavy atom. The predicted octanol–water partition coefficient (Wildman–Crippen LogP) is 1.97. The Labute approximate surface area is 102 Å². The van der Waals surface area contributed by atoms with Crippen LogP contribution in [-0.4, -0.2) is 42.8 Å². The van der Waals surface area contributed by atoms with Crippen molar-refractivity contribution in [3.8, 4) is 0 Å². The zero-order valence-electron chi connectivity index (χ0n) is 11.0. The summed E-state index contributed by atoms with van der Waals surface area (Å²) in [5.41, 5.74) is 0.344. The monoisotopic (exact) mass is 243 g/mol. The number of carbonyl (C=O) groups is 2. The SMILES string of the molecule is C=C(C)C(=O)OC(C)CN(CC)C(=O)OCC. The Kier molecular flexibility index (Phi) is 7.02. The van der Waals surface area contributed by atoms with E-state index in [1.54, 1.807) is 20.8 Å². The first-order valence-electron chi connectivity index (χ1n) is 5.70. The van der Waals surface area contributed by atoms with Crippen molar-refractivity contribution < 1.29 is 19.1 Å². The van der Waals surface area contributed by atoms with E-state index in [0.29, 0.717) is 25.3 Å². The molecule has 1 unspecified atom stereocenters. The third-order valence-electron chi connectivity index (χ3n) is 2.04. The van der Waals surface area contributed by atoms with Gasteiger partial charge in [0.15, 0.2) is 0 Å². The summed E-state index contributed by atoms with van der Waals surface area (Å²) in [6.45, 7) is 11.5. The smallest absolute Gasteiger partial charge is 0.409 e. The first-order valence-corrected chi connectivity index (χ1v) is 5.70. The Balaban J connectivity index is 4.23. The third-order valence-corrected chi connectivity index (χ3v) is 2.04. The van der Waals surface area contributed by atoms with Crippen molar-refractivity contribution in [2.24, 2.45) is 0 Å². The molecule has 98 valence electrons. The lowest BCUT2D eigenvalue weighted by Gasteiger charge is -2.23. The summed E-state index contributed by atoms with van der Waals surface area (Å²) in [5, 5.41) is 0. The molecule has 0 aliphatic carbocycles. The lowest BCUT2D eigenvalue weighted by atomic mass is 10.3. The fourth-order valence-electron chi connectivity index (χ4n) is 1.18. The van der Waals surface area contributed by atoms with Crippen LogP contribution < -0.4 is 0 Å². The van der Waals surface area contributed by atoms with E-state index in [1.165, 1.54) is 4.90 Å². The average Bonchev–Trinajstić information content (AvgIpc) is 2.25. The average molecular weight is 243 g/mol. The fourth-order valence-corrected chi connectivity index (χ4v) is 1.18. The highest BCUT2D eigenvalue weighted by atomic mass is 16.6. The van der Waals surface area contributed by atoms with Crippen molar-refractivity contribution in [3.63, 3.8) is 0 Å². The van der Waals surface area contributed by atoms with Gasteiger partial charge in [-0.3, -0.25) is 0 Å². The fraction of sp³-hybridized carbons (Fsp3) is 0.667. The number of hydrogen-bond acceptors (Lipinski definition) is 4. The molecule has 5 heteroatoms. The molecule has 0 aliphatic rings. The van der Waals surface area contributed by atoms with Crippen LogP contribution in [-0.2, 0) is 14.3 Å². The maximum atomic E-state index is 11.5. The molecule has 0 bridgehead atoms. The topological polar surface area (TPSA) is 55.8 Å². The standard InChI is InChI=1S/C12H21NO4/c1-6-13(12(15)16-7-2)8-10(5)17-11(14)9(3)4/h10H,3,6-8H2,1-2,4-5H3. The minimum atomic E-state index is -0.447. The molecule has 0 N–H and O–H groups in total. The van der Waals surface area contributed by atoms with E-state index in [4.69, 9.17) is 9.47 Å². The van der Waals surface area contributed by atoms with Crippen molar-refractivity contribution in [2.45, 2.75) is 33.8 Å². The van der Waals surface area contributed by atoms with Crippen LogP contribution in [0.5, 0.6) is 0 Å². The zero-order valence-corrected chi connectivity index (χ0v) is 11.0. The van der Waals surface area contributed by atoms with Gasteiger partial charge in [0.1, 0.15) is 6.10 Å². The molecule has 0 rings (SSSR count). The van der Waals surface area contributed by atoms with Gasteiger partial charge in [0.05, 0.1) is 13.2 Å². The molecule has 0 fully saturated rings. The minimum absolute atomic E-state index is 0.314. The summed E-state index contributed by atoms with van der Waals surface area (Å²) >= 11 is 0. The van der Waals surface area contributed by atoms with E-state index in [1.807, 2.05) is 6.92 Å². The number of carbonyl (C=O) groups excluding carboxylic acids is 2. The Bertz CT molecular complexity index is 288. The van der Waals surface area contributed by atoms with Gasteiger partial charge in [-0.15, -0.1) is 0 Å². The molecule has 0 spiro atoms. The Morgan fingerprint density at radius 3 is 2.35 bits per heavy atom. The second-order valence-corrected chi connectivity index (χ2v) is 3.73. The number of ether oxygens (including phenoxy) is 2. The number of nitrogens with zero attached hydrogens (tertiary/aromatic N) is 1. The summed E-state index contributed by atoms with van der Waals surface area (Å²) in [6, 6.07) is 0. The largest absolute Gasteiger partial charge is 0.457 e. The van der Waals surface area contributed by atoms with Gasteiger partial charge < -0.3 is 14.4 Å². The summed E-state index contributed by atoms with van der Waals surface area (Å²) in [6.07, 6.45) is -0.781. The molecule has 0 saturated carbocycles. The number of likely N-dealkylation sites (N-methyl/N-ethyl adjacent to an activating group) is 1. The number of esters is 1. The second-order valence-electron chi connectivity index (χ2n) is 3.73. The van der Waals surface area contributed by atoms with Gasteiger partial charge in [0, 0.05) is 12.1 Å². The van der Waals surface area contributed by atoms with E-state index < -0.39 is 12.1 Å². The first kappa shape index (κ1) is 15.5. The van der Waals surface area contributed by atoms with Crippen LogP contribution in [0.3, 0.4) is 0 Å². The van der Waals surface area contributed by atoms with Crippen LogP contribution in [0.2, 0.25) is 0 Å². The highest BCUT2D eigenvalue weighted by Gasteiger charge is 2.18. The van der Waals surface area contributed by atoms with Gasteiger partial charge >= 0.3 is 12.1 Å². The zero-order chi connectivity index (χ0) is 13.4. The van der Waals surface area contributed by atoms with E-state index in [-0.39, 0.29) is 6.10 Å². The minimum Gasteiger partial charge on any atom is -0.457 e. The van der Waals surface area contributed by atoms with Crippen molar-refractivity contribution in [3.05, 3.63) is 12.2 Å². The highest BCUT2D eigenvalue weighted by Crippen LogP contribution is 2.03. The van der Waals surface area contributed by atoms with Crippen LogP contribution in [0.4, 0.5) is 4.79 Å². The molecule has 0 aromatic carbocycles. The van der Waals surface area contributed by atoms with Crippen molar-refractivity contribution >= 4 is 12.1 Å². The molecular formula is C12H21NO4. The van der Waals surface area contributed by atoms with Crippen molar-refractivity contribution in [2.75, 3.05) is 19.7 Å². The van der Waals surface area contributed by atoms with Crippen LogP contribution in [0.15, 0.2) is 12.2 Å². The maximum Gasteiger partial charge on any atom is 0.409 e. The predicted molar refractivity (Wildman–Crippen MR) is 64.6 cm³/mol. The Morgan fingerprint density at radius 1 is 1.35 bits per heavy atom. The van der Waals surface area contributed by atoms with Gasteiger partial charge in [-0.2, -0.15) is 0 Å². The molecule has 0 aliphatic heterocycles. The van der Waals surface area contributed by atoms with Crippen LogP contribution >= 0.6 is 0 Å². The van der Waals surface area contributed by atoms with E-state index in [2.05, 4.69) is 6.58 Å². The number of amides is 1. The molecule has 5 nitrogen and oxygen atoms in total. The van der Waals surface area contributed by atoms with Gasteiger partial charge in [-0.25, -0.2) is 9.59 Å². The first-order chi connectivity index (χ1) is 7.92. The van der Waals surface area contributed by atoms with Crippen LogP contribution in [0.1, 0.15) is 27.7 Å². The quantitative estimate of drug-likeness (QED) is 0.528. The van der Waals surface area contributed by atoms with Crippen molar-refractivity contribution in [1.82, 2.24) is 4.90 Å². The molecule has 0 heterocycles. The highest BCUT2D eigenvalue weighted by molar-refractivity contribution is 5.87. The number of hydrogen-bond donors (Lipinski definition) is 0. The van der Waals surface area contributed by atoms with E-state index in [0.717, 1.165) is 0 Å². The molecule has 0 radical (unpaired) electrons. The summed E-state index contributed by atoms with van der Waals surface area (Å²) < 4.78 is 9.96. The molecule has 1 atom stereocenters. The molecule has 17 heavy (non-hydrogen) atoms. The van der Waals surface area contributed by atoms with Crippen LogP contribution in [0, 0.1) is 0 Å². The summed E-state index contributed by atoms with van der Waals surface area (Å²) in [4.78, 5) is 24.2. The third kappa shape index (κ3) is 5.94. The lowest BCUT2D eigenvalue weighted by molar-refractivity contribution is -0.144. The lowest BCUT2D eigenvalue weighted by Crippen LogP contribution is -2.38. The van der Waals surface area contributed by atoms with Crippen molar-refractivity contribution in [1.29, 1.82) is 0 Å². The molecule has 0 aromatic heterocycles.